The van der Waals surface area contributed by atoms with Gasteiger partial charge in [0.15, 0.2) is 0 Å². The monoisotopic (exact) mass is 362 g/mol. The summed E-state index contributed by atoms with van der Waals surface area (Å²) in [7, 11) is 1.18. The van der Waals surface area contributed by atoms with Gasteiger partial charge >= 0.3 is 5.97 Å². The molecule has 0 radical (unpaired) electrons. The third-order valence-corrected chi connectivity index (χ3v) is 3.78. The highest BCUT2D eigenvalue weighted by Crippen LogP contribution is 2.17. The SMILES string of the molecule is CCCCCCCC(=O)Nc1ccccc1C(=O)C(=O)NCC(=O)OC. The number of hydrogen-bond donors (Lipinski definition) is 2. The minimum absolute atomic E-state index is 0.0780. The van der Waals surface area contributed by atoms with Crippen molar-refractivity contribution in [3.05, 3.63) is 29.8 Å². The van der Waals surface area contributed by atoms with Crippen molar-refractivity contribution in [1.82, 2.24) is 5.32 Å². The molecule has 0 aliphatic heterocycles. The topological polar surface area (TPSA) is 102 Å². The molecule has 0 unspecified atom stereocenters. The number of nitrogens with one attached hydrogen (secondary N) is 2. The van der Waals surface area contributed by atoms with E-state index in [-0.39, 0.29) is 17.2 Å². The summed E-state index contributed by atoms with van der Waals surface area (Å²) in [5, 5.41) is 4.87. The number of amides is 2. The quantitative estimate of drug-likeness (QED) is 0.272. The first kappa shape index (κ1) is 21.3. The predicted molar refractivity (Wildman–Crippen MR) is 97.8 cm³/mol. The number of benzene rings is 1. The van der Waals surface area contributed by atoms with E-state index in [1.807, 2.05) is 0 Å². The van der Waals surface area contributed by atoms with E-state index in [4.69, 9.17) is 0 Å². The molecule has 0 bridgehead atoms. The maximum absolute atomic E-state index is 12.3. The van der Waals surface area contributed by atoms with Crippen molar-refractivity contribution in [2.75, 3.05) is 19.0 Å². The lowest BCUT2D eigenvalue weighted by Gasteiger charge is -2.10. The number of carbonyl (C=O) groups is 4. The van der Waals surface area contributed by atoms with E-state index < -0.39 is 24.2 Å². The fraction of sp³-hybridized carbons (Fsp3) is 0.474. The molecule has 0 aliphatic rings. The zero-order valence-corrected chi connectivity index (χ0v) is 15.3. The van der Waals surface area contributed by atoms with Gasteiger partial charge in [0.2, 0.25) is 5.91 Å². The molecule has 0 saturated carbocycles. The highest BCUT2D eigenvalue weighted by atomic mass is 16.5. The van der Waals surface area contributed by atoms with Crippen LogP contribution < -0.4 is 10.6 Å². The summed E-state index contributed by atoms with van der Waals surface area (Å²) in [4.78, 5) is 47.3. The number of para-hydroxylation sites is 1. The zero-order chi connectivity index (χ0) is 19.4. The summed E-state index contributed by atoms with van der Waals surface area (Å²) in [5.74, 6) is -2.61. The first-order valence-electron chi connectivity index (χ1n) is 8.77. The van der Waals surface area contributed by atoms with Gasteiger partial charge in [-0.05, 0) is 18.6 Å². The molecule has 0 heterocycles. The Bertz CT molecular complexity index is 643. The molecule has 0 saturated heterocycles. The Balaban J connectivity index is 2.63. The van der Waals surface area contributed by atoms with Gasteiger partial charge in [-0.1, -0.05) is 44.7 Å². The normalized spacial score (nSPS) is 10.1. The van der Waals surface area contributed by atoms with Gasteiger partial charge in [-0.15, -0.1) is 0 Å². The summed E-state index contributed by atoms with van der Waals surface area (Å²) in [6.45, 7) is 1.73. The van der Waals surface area contributed by atoms with Crippen molar-refractivity contribution in [3.8, 4) is 0 Å². The average Bonchev–Trinajstić information content (AvgIpc) is 2.65. The number of ketones is 1. The van der Waals surface area contributed by atoms with Gasteiger partial charge in [-0.25, -0.2) is 0 Å². The lowest BCUT2D eigenvalue weighted by molar-refractivity contribution is -0.140. The van der Waals surface area contributed by atoms with Crippen molar-refractivity contribution in [2.45, 2.75) is 45.4 Å². The molecule has 142 valence electrons. The molecule has 1 aromatic rings. The predicted octanol–water partition coefficient (Wildman–Crippen LogP) is 2.46. The van der Waals surface area contributed by atoms with Crippen LogP contribution in [0.5, 0.6) is 0 Å². The van der Waals surface area contributed by atoms with Gasteiger partial charge in [-0.3, -0.25) is 19.2 Å². The van der Waals surface area contributed by atoms with E-state index in [1.165, 1.54) is 13.2 Å². The Morgan fingerprint density at radius 3 is 2.38 bits per heavy atom. The van der Waals surface area contributed by atoms with Crippen molar-refractivity contribution in [2.24, 2.45) is 0 Å². The fourth-order valence-corrected chi connectivity index (χ4v) is 2.32. The van der Waals surface area contributed by atoms with Crippen LogP contribution in [0.1, 0.15) is 55.8 Å². The third-order valence-electron chi connectivity index (χ3n) is 3.78. The molecule has 2 N–H and O–H groups in total. The number of hydrogen-bond acceptors (Lipinski definition) is 5. The summed E-state index contributed by atoms with van der Waals surface area (Å²) in [6.07, 6.45) is 5.51. The van der Waals surface area contributed by atoms with E-state index in [1.54, 1.807) is 18.2 Å². The maximum atomic E-state index is 12.3. The number of anilines is 1. The molecule has 26 heavy (non-hydrogen) atoms. The standard InChI is InChI=1S/C19H26N2O5/c1-3-4-5-6-7-12-16(22)21-15-11-9-8-10-14(15)18(24)19(25)20-13-17(23)26-2/h8-11H,3-7,12-13H2,1-2H3,(H,20,25)(H,21,22). The van der Waals surface area contributed by atoms with Crippen molar-refractivity contribution >= 4 is 29.3 Å². The van der Waals surface area contributed by atoms with Crippen LogP contribution in [-0.2, 0) is 19.1 Å². The maximum Gasteiger partial charge on any atom is 0.325 e. The lowest BCUT2D eigenvalue weighted by atomic mass is 10.1. The summed E-state index contributed by atoms with van der Waals surface area (Å²) >= 11 is 0. The van der Waals surface area contributed by atoms with Crippen LogP contribution in [0.25, 0.3) is 0 Å². The highest BCUT2D eigenvalue weighted by Gasteiger charge is 2.20. The number of rotatable bonds is 11. The second-order valence-corrected chi connectivity index (χ2v) is 5.85. The van der Waals surface area contributed by atoms with Crippen molar-refractivity contribution in [3.63, 3.8) is 0 Å². The van der Waals surface area contributed by atoms with Crippen molar-refractivity contribution in [1.29, 1.82) is 0 Å². The molecule has 0 aromatic heterocycles. The Labute approximate surface area is 153 Å². The van der Waals surface area contributed by atoms with Gasteiger partial charge in [0, 0.05) is 6.42 Å². The zero-order valence-electron chi connectivity index (χ0n) is 15.3. The number of carbonyl (C=O) groups excluding carboxylic acids is 4. The van der Waals surface area contributed by atoms with Gasteiger partial charge in [-0.2, -0.15) is 0 Å². The van der Waals surface area contributed by atoms with Crippen LogP contribution in [0.15, 0.2) is 24.3 Å². The van der Waals surface area contributed by atoms with E-state index in [9.17, 15) is 19.2 Å². The van der Waals surface area contributed by atoms with Crippen LogP contribution in [0.3, 0.4) is 0 Å². The molecular formula is C19H26N2O5. The molecule has 2 amide bonds. The molecule has 1 aromatic carbocycles. The van der Waals surface area contributed by atoms with Gasteiger partial charge in [0.25, 0.3) is 11.7 Å². The molecular weight excluding hydrogens is 336 g/mol. The van der Waals surface area contributed by atoms with Crippen LogP contribution in [-0.4, -0.2) is 37.2 Å². The largest absolute Gasteiger partial charge is 0.468 e. The Hall–Kier alpha value is -2.70. The summed E-state index contributed by atoms with van der Waals surface area (Å²) in [5.41, 5.74) is 0.360. The number of unbranched alkanes of at least 4 members (excludes halogenated alkanes) is 4. The molecule has 7 heteroatoms. The smallest absolute Gasteiger partial charge is 0.325 e. The Morgan fingerprint density at radius 1 is 1.00 bits per heavy atom. The van der Waals surface area contributed by atoms with Crippen LogP contribution in [0.4, 0.5) is 5.69 Å². The lowest BCUT2D eigenvalue weighted by Crippen LogP contribution is -2.35. The first-order valence-corrected chi connectivity index (χ1v) is 8.77. The number of ether oxygens (including phenoxy) is 1. The Morgan fingerprint density at radius 2 is 1.69 bits per heavy atom. The summed E-state index contributed by atoms with van der Waals surface area (Å²) < 4.78 is 4.40. The number of methoxy groups -OCH3 is 1. The van der Waals surface area contributed by atoms with Crippen molar-refractivity contribution < 1.29 is 23.9 Å². The molecule has 0 atom stereocenters. The third kappa shape index (κ3) is 7.46. The number of esters is 1. The minimum Gasteiger partial charge on any atom is -0.468 e. The fourth-order valence-electron chi connectivity index (χ4n) is 2.32. The Kier molecular flexibility index (Phi) is 9.67. The van der Waals surface area contributed by atoms with Crippen LogP contribution >= 0.6 is 0 Å². The van der Waals surface area contributed by atoms with Gasteiger partial charge in [0.1, 0.15) is 6.54 Å². The number of Topliss-reactive ketones (excluding diaryl/α,β-unsaturated/α-hetero) is 1. The van der Waals surface area contributed by atoms with Gasteiger partial charge < -0.3 is 15.4 Å². The van der Waals surface area contributed by atoms with Crippen LogP contribution in [0.2, 0.25) is 0 Å². The van der Waals surface area contributed by atoms with E-state index in [0.717, 1.165) is 32.1 Å². The molecule has 0 fully saturated rings. The molecule has 0 aliphatic carbocycles. The van der Waals surface area contributed by atoms with E-state index in [0.29, 0.717) is 6.42 Å². The second kappa shape index (κ2) is 11.8. The highest BCUT2D eigenvalue weighted by molar-refractivity contribution is 6.44. The molecule has 0 spiro atoms. The molecule has 1 rings (SSSR count). The average molecular weight is 362 g/mol. The van der Waals surface area contributed by atoms with Crippen LogP contribution in [0, 0.1) is 0 Å². The summed E-state index contributed by atoms with van der Waals surface area (Å²) in [6, 6.07) is 6.29. The van der Waals surface area contributed by atoms with Gasteiger partial charge in [0.05, 0.1) is 18.4 Å². The van der Waals surface area contributed by atoms with E-state index >= 15 is 0 Å². The second-order valence-electron chi connectivity index (χ2n) is 5.85. The first-order chi connectivity index (χ1) is 12.5. The minimum atomic E-state index is -0.934. The van der Waals surface area contributed by atoms with E-state index in [2.05, 4.69) is 22.3 Å². The molecule has 7 nitrogen and oxygen atoms in total.